The van der Waals surface area contributed by atoms with Gasteiger partial charge in [-0.25, -0.2) is 0 Å². The molecular formula is C14H22N2O4S. The molecule has 7 heteroatoms. The van der Waals surface area contributed by atoms with Crippen LogP contribution >= 0.6 is 11.8 Å². The van der Waals surface area contributed by atoms with Gasteiger partial charge in [-0.3, -0.25) is 10.1 Å². The molecule has 2 N–H and O–H groups in total. The molecule has 0 spiro atoms. The van der Waals surface area contributed by atoms with Crippen molar-refractivity contribution in [1.29, 1.82) is 0 Å². The summed E-state index contributed by atoms with van der Waals surface area (Å²) in [6.07, 6.45) is 0.683. The minimum Gasteiger partial charge on any atom is -0.484 e. The molecule has 1 aromatic carbocycles. The molecule has 0 fully saturated rings. The van der Waals surface area contributed by atoms with Gasteiger partial charge in [0.1, 0.15) is 0 Å². The predicted octanol–water partition coefficient (Wildman–Crippen LogP) is 2.91. The van der Waals surface area contributed by atoms with Gasteiger partial charge in [-0.15, -0.1) is 0 Å². The van der Waals surface area contributed by atoms with E-state index >= 15 is 0 Å². The van der Waals surface area contributed by atoms with Gasteiger partial charge in [-0.1, -0.05) is 0 Å². The smallest absolute Gasteiger partial charge is 0.311 e. The van der Waals surface area contributed by atoms with Crippen molar-refractivity contribution in [2.45, 2.75) is 26.4 Å². The quantitative estimate of drug-likeness (QED) is 0.392. The van der Waals surface area contributed by atoms with Crippen molar-refractivity contribution >= 4 is 23.1 Å². The Labute approximate surface area is 129 Å². The molecular weight excluding hydrogens is 292 g/mol. The average molecular weight is 314 g/mol. The predicted molar refractivity (Wildman–Crippen MR) is 86.4 cm³/mol. The van der Waals surface area contributed by atoms with Gasteiger partial charge in [-0.05, 0) is 32.1 Å². The number of anilines is 1. The second kappa shape index (κ2) is 9.46. The van der Waals surface area contributed by atoms with Crippen LogP contribution in [0.3, 0.4) is 0 Å². The number of hydrogen-bond donors (Lipinski definition) is 2. The van der Waals surface area contributed by atoms with Gasteiger partial charge in [-0.2, -0.15) is 11.8 Å². The fourth-order valence-electron chi connectivity index (χ4n) is 1.66. The number of hydrogen-bond acceptors (Lipinski definition) is 6. The van der Waals surface area contributed by atoms with E-state index in [9.17, 15) is 10.1 Å². The topological polar surface area (TPSA) is 84.6 Å². The molecule has 0 saturated carbocycles. The van der Waals surface area contributed by atoms with Crippen LogP contribution in [0.1, 0.15) is 20.3 Å². The summed E-state index contributed by atoms with van der Waals surface area (Å²) in [6.45, 7) is 4.65. The van der Waals surface area contributed by atoms with E-state index in [1.54, 1.807) is 23.9 Å². The van der Waals surface area contributed by atoms with Crippen molar-refractivity contribution in [3.63, 3.8) is 0 Å². The number of nitro groups is 1. The number of benzene rings is 1. The highest BCUT2D eigenvalue weighted by Crippen LogP contribution is 2.30. The Bertz CT molecular complexity index is 455. The van der Waals surface area contributed by atoms with Crippen molar-refractivity contribution in [3.05, 3.63) is 28.3 Å². The molecule has 0 bridgehead atoms. The first kappa shape index (κ1) is 17.6. The minimum absolute atomic E-state index is 0.0217. The van der Waals surface area contributed by atoms with Crippen molar-refractivity contribution in [1.82, 2.24) is 0 Å². The minimum atomic E-state index is -0.438. The Kier molecular flexibility index (Phi) is 7.92. The van der Waals surface area contributed by atoms with E-state index in [2.05, 4.69) is 5.32 Å². The molecule has 0 aliphatic rings. The van der Waals surface area contributed by atoms with Crippen molar-refractivity contribution < 1.29 is 14.8 Å². The summed E-state index contributed by atoms with van der Waals surface area (Å²) in [5.74, 6) is 2.13. The van der Waals surface area contributed by atoms with Crippen molar-refractivity contribution in [2.75, 3.05) is 30.0 Å². The fraction of sp³-hybridized carbons (Fsp3) is 0.571. The van der Waals surface area contributed by atoms with Crippen LogP contribution in [-0.4, -0.2) is 40.8 Å². The molecule has 0 unspecified atom stereocenters. The fourth-order valence-corrected chi connectivity index (χ4v) is 2.44. The standard InChI is InChI=1S/C14H22N2O4S/c1-11(2)20-14-10-12(4-5-13(14)16(18)19)15-6-9-21-8-3-7-17/h4-5,10-11,15,17H,3,6-9H2,1-2H3. The zero-order chi connectivity index (χ0) is 15.7. The van der Waals surface area contributed by atoms with Gasteiger partial charge >= 0.3 is 5.69 Å². The number of nitrogens with zero attached hydrogens (tertiary/aromatic N) is 1. The van der Waals surface area contributed by atoms with Gasteiger partial charge in [0.2, 0.25) is 0 Å². The third-order valence-corrected chi connectivity index (χ3v) is 3.61. The van der Waals surface area contributed by atoms with E-state index < -0.39 is 4.92 Å². The van der Waals surface area contributed by atoms with Crippen LogP contribution in [0.4, 0.5) is 11.4 Å². The lowest BCUT2D eigenvalue weighted by atomic mass is 10.2. The average Bonchev–Trinajstić information content (AvgIpc) is 2.42. The Morgan fingerprint density at radius 1 is 1.43 bits per heavy atom. The number of nitro benzene ring substituents is 1. The number of thioether (sulfide) groups is 1. The maximum absolute atomic E-state index is 11.0. The third kappa shape index (κ3) is 6.68. The molecule has 21 heavy (non-hydrogen) atoms. The molecule has 0 atom stereocenters. The second-order valence-corrected chi connectivity index (χ2v) is 5.95. The highest BCUT2D eigenvalue weighted by molar-refractivity contribution is 7.99. The molecule has 118 valence electrons. The monoisotopic (exact) mass is 314 g/mol. The first-order valence-electron chi connectivity index (χ1n) is 6.92. The number of nitrogens with one attached hydrogen (secondary N) is 1. The SMILES string of the molecule is CC(C)Oc1cc(NCCSCCCO)ccc1[N+](=O)[O-]. The maximum Gasteiger partial charge on any atom is 0.311 e. The number of ether oxygens (including phenoxy) is 1. The molecule has 1 rings (SSSR count). The van der Waals surface area contributed by atoms with E-state index in [1.807, 2.05) is 13.8 Å². The van der Waals surface area contributed by atoms with E-state index in [4.69, 9.17) is 9.84 Å². The summed E-state index contributed by atoms with van der Waals surface area (Å²) in [7, 11) is 0. The van der Waals surface area contributed by atoms with Crippen LogP contribution in [0.2, 0.25) is 0 Å². The Balaban J connectivity index is 2.57. The Morgan fingerprint density at radius 3 is 2.81 bits per heavy atom. The first-order chi connectivity index (χ1) is 10.0. The summed E-state index contributed by atoms with van der Waals surface area (Å²) in [4.78, 5) is 10.5. The summed E-state index contributed by atoms with van der Waals surface area (Å²) in [5, 5.41) is 22.8. The normalized spacial score (nSPS) is 10.7. The van der Waals surface area contributed by atoms with Crippen LogP contribution in [0, 0.1) is 10.1 Å². The van der Waals surface area contributed by atoms with Gasteiger partial charge in [0.25, 0.3) is 0 Å². The van der Waals surface area contributed by atoms with Crippen LogP contribution in [-0.2, 0) is 0 Å². The zero-order valence-corrected chi connectivity index (χ0v) is 13.2. The third-order valence-electron chi connectivity index (χ3n) is 2.54. The maximum atomic E-state index is 11.0. The van der Waals surface area contributed by atoms with Crippen LogP contribution in [0.25, 0.3) is 0 Å². The molecule has 1 aromatic rings. The van der Waals surface area contributed by atoms with Crippen molar-refractivity contribution in [3.8, 4) is 5.75 Å². The number of aliphatic hydroxyl groups is 1. The molecule has 0 amide bonds. The Morgan fingerprint density at radius 2 is 2.19 bits per heavy atom. The van der Waals surface area contributed by atoms with E-state index in [1.165, 1.54) is 6.07 Å². The zero-order valence-electron chi connectivity index (χ0n) is 12.4. The molecule has 0 radical (unpaired) electrons. The molecule has 0 heterocycles. The highest BCUT2D eigenvalue weighted by atomic mass is 32.2. The van der Waals surface area contributed by atoms with Gasteiger partial charge in [0.15, 0.2) is 5.75 Å². The molecule has 6 nitrogen and oxygen atoms in total. The van der Waals surface area contributed by atoms with E-state index in [0.717, 1.165) is 30.2 Å². The number of rotatable bonds is 10. The summed E-state index contributed by atoms with van der Waals surface area (Å²) >= 11 is 1.76. The van der Waals surface area contributed by atoms with Gasteiger partial charge < -0.3 is 15.2 Å². The van der Waals surface area contributed by atoms with Gasteiger partial charge in [0, 0.05) is 36.7 Å². The molecule has 0 aliphatic carbocycles. The lowest BCUT2D eigenvalue weighted by Crippen LogP contribution is -2.09. The van der Waals surface area contributed by atoms with E-state index in [-0.39, 0.29) is 24.1 Å². The highest BCUT2D eigenvalue weighted by Gasteiger charge is 2.16. The van der Waals surface area contributed by atoms with Crippen LogP contribution in [0.5, 0.6) is 5.75 Å². The first-order valence-corrected chi connectivity index (χ1v) is 8.07. The molecule has 0 aliphatic heterocycles. The lowest BCUT2D eigenvalue weighted by Gasteiger charge is -2.12. The van der Waals surface area contributed by atoms with Crippen LogP contribution < -0.4 is 10.1 Å². The van der Waals surface area contributed by atoms with Crippen molar-refractivity contribution in [2.24, 2.45) is 0 Å². The summed E-state index contributed by atoms with van der Waals surface area (Å²) in [5.41, 5.74) is 0.783. The second-order valence-electron chi connectivity index (χ2n) is 4.72. The van der Waals surface area contributed by atoms with E-state index in [0.29, 0.717) is 0 Å². The summed E-state index contributed by atoms with van der Waals surface area (Å²) in [6, 6.07) is 4.80. The van der Waals surface area contributed by atoms with Crippen LogP contribution in [0.15, 0.2) is 18.2 Å². The largest absolute Gasteiger partial charge is 0.484 e. The molecule has 0 saturated heterocycles. The Hall–Kier alpha value is -1.47. The molecule has 0 aromatic heterocycles. The summed E-state index contributed by atoms with van der Waals surface area (Å²) < 4.78 is 5.49. The lowest BCUT2D eigenvalue weighted by molar-refractivity contribution is -0.386. The van der Waals surface area contributed by atoms with Gasteiger partial charge in [0.05, 0.1) is 11.0 Å². The number of aliphatic hydroxyl groups excluding tert-OH is 1.